The predicted molar refractivity (Wildman–Crippen MR) is 74.8 cm³/mol. The lowest BCUT2D eigenvalue weighted by atomic mass is 10.2. The van der Waals surface area contributed by atoms with Crippen LogP contribution in [-0.4, -0.2) is 33.0 Å². The van der Waals surface area contributed by atoms with E-state index in [4.69, 9.17) is 15.9 Å². The van der Waals surface area contributed by atoms with Gasteiger partial charge in [-0.3, -0.25) is 0 Å². The minimum absolute atomic E-state index is 0.645. The first-order chi connectivity index (χ1) is 8.86. The van der Waals surface area contributed by atoms with E-state index in [1.54, 1.807) is 0 Å². The number of benzene rings is 1. The number of ether oxygens (including phenoxy) is 2. The van der Waals surface area contributed by atoms with Crippen molar-refractivity contribution < 1.29 is 9.47 Å². The SMILES string of the molecule is C#Cc1cccc(NCCOCCOCCC)c1. The van der Waals surface area contributed by atoms with Crippen molar-refractivity contribution in [1.29, 1.82) is 0 Å². The molecule has 98 valence electrons. The number of hydrogen-bond acceptors (Lipinski definition) is 3. The molecule has 0 unspecified atom stereocenters. The van der Waals surface area contributed by atoms with E-state index in [1.807, 2.05) is 24.3 Å². The Hall–Kier alpha value is -1.50. The standard InChI is InChI=1S/C15H21NO2/c1-3-9-17-11-12-18-10-8-16-15-7-5-6-14(4-2)13-15/h2,5-7,13,16H,3,8-12H2,1H3. The maximum Gasteiger partial charge on any atom is 0.0701 e. The van der Waals surface area contributed by atoms with Gasteiger partial charge < -0.3 is 14.8 Å². The first-order valence-corrected chi connectivity index (χ1v) is 6.33. The zero-order valence-electron chi connectivity index (χ0n) is 10.9. The van der Waals surface area contributed by atoms with E-state index in [0.717, 1.165) is 30.8 Å². The molecule has 0 atom stereocenters. The molecule has 0 aliphatic carbocycles. The minimum Gasteiger partial charge on any atom is -0.383 e. The Morgan fingerprint density at radius 1 is 1.17 bits per heavy atom. The molecule has 1 aromatic carbocycles. The van der Waals surface area contributed by atoms with E-state index < -0.39 is 0 Å². The average molecular weight is 247 g/mol. The Morgan fingerprint density at radius 3 is 2.67 bits per heavy atom. The third-order valence-electron chi connectivity index (χ3n) is 2.33. The van der Waals surface area contributed by atoms with Crippen molar-refractivity contribution in [1.82, 2.24) is 0 Å². The molecule has 0 aliphatic heterocycles. The fraction of sp³-hybridized carbons (Fsp3) is 0.467. The summed E-state index contributed by atoms with van der Waals surface area (Å²) in [6, 6.07) is 7.79. The minimum atomic E-state index is 0.645. The molecule has 0 amide bonds. The van der Waals surface area contributed by atoms with E-state index in [1.165, 1.54) is 0 Å². The molecular weight excluding hydrogens is 226 g/mol. The maximum atomic E-state index is 5.43. The predicted octanol–water partition coefficient (Wildman–Crippen LogP) is 2.52. The summed E-state index contributed by atoms with van der Waals surface area (Å²) >= 11 is 0. The third-order valence-corrected chi connectivity index (χ3v) is 2.33. The van der Waals surface area contributed by atoms with Gasteiger partial charge in [0.25, 0.3) is 0 Å². The van der Waals surface area contributed by atoms with Crippen LogP contribution in [0.2, 0.25) is 0 Å². The van der Waals surface area contributed by atoms with E-state index in [-0.39, 0.29) is 0 Å². The Labute approximate surface area is 109 Å². The van der Waals surface area contributed by atoms with Crippen LogP contribution < -0.4 is 5.32 Å². The first kappa shape index (κ1) is 14.6. The smallest absolute Gasteiger partial charge is 0.0701 e. The highest BCUT2D eigenvalue weighted by Gasteiger charge is 1.93. The van der Waals surface area contributed by atoms with Gasteiger partial charge in [-0.25, -0.2) is 0 Å². The van der Waals surface area contributed by atoms with Crippen molar-refractivity contribution in [3.8, 4) is 12.3 Å². The van der Waals surface area contributed by atoms with Crippen LogP contribution in [0.5, 0.6) is 0 Å². The second-order valence-electron chi connectivity index (χ2n) is 3.88. The highest BCUT2D eigenvalue weighted by Crippen LogP contribution is 2.08. The second kappa shape index (κ2) is 9.52. The summed E-state index contributed by atoms with van der Waals surface area (Å²) in [4.78, 5) is 0. The second-order valence-corrected chi connectivity index (χ2v) is 3.88. The highest BCUT2D eigenvalue weighted by atomic mass is 16.5. The van der Waals surface area contributed by atoms with Crippen molar-refractivity contribution in [3.05, 3.63) is 29.8 Å². The molecule has 0 heterocycles. The Balaban J connectivity index is 2.05. The van der Waals surface area contributed by atoms with Gasteiger partial charge in [0.05, 0.1) is 19.8 Å². The molecule has 0 fully saturated rings. The summed E-state index contributed by atoms with van der Waals surface area (Å²) in [6.45, 7) is 5.64. The molecule has 3 nitrogen and oxygen atoms in total. The number of hydrogen-bond donors (Lipinski definition) is 1. The number of rotatable bonds is 9. The summed E-state index contributed by atoms with van der Waals surface area (Å²) in [5.41, 5.74) is 1.91. The van der Waals surface area contributed by atoms with Gasteiger partial charge in [-0.15, -0.1) is 6.42 Å². The van der Waals surface area contributed by atoms with Crippen LogP contribution in [0.25, 0.3) is 0 Å². The highest BCUT2D eigenvalue weighted by molar-refractivity contribution is 5.49. The molecule has 0 saturated heterocycles. The lowest BCUT2D eigenvalue weighted by Crippen LogP contribution is -2.12. The van der Waals surface area contributed by atoms with E-state index in [9.17, 15) is 0 Å². The molecule has 0 bridgehead atoms. The van der Waals surface area contributed by atoms with Crippen LogP contribution >= 0.6 is 0 Å². The molecule has 18 heavy (non-hydrogen) atoms. The summed E-state index contributed by atoms with van der Waals surface area (Å²) in [5, 5.41) is 3.26. The normalized spacial score (nSPS) is 10.0. The van der Waals surface area contributed by atoms with Gasteiger partial charge in [0.2, 0.25) is 0 Å². The van der Waals surface area contributed by atoms with Crippen LogP contribution in [0.15, 0.2) is 24.3 Å². The molecule has 0 saturated carbocycles. The Morgan fingerprint density at radius 2 is 1.94 bits per heavy atom. The van der Waals surface area contributed by atoms with Crippen LogP contribution in [-0.2, 0) is 9.47 Å². The van der Waals surface area contributed by atoms with Gasteiger partial charge in [-0.1, -0.05) is 18.9 Å². The summed E-state index contributed by atoms with van der Waals surface area (Å²) in [6.07, 6.45) is 6.39. The maximum absolute atomic E-state index is 5.43. The van der Waals surface area contributed by atoms with Gasteiger partial charge in [0.1, 0.15) is 0 Å². The average Bonchev–Trinajstić information content (AvgIpc) is 2.42. The van der Waals surface area contributed by atoms with Gasteiger partial charge in [-0.2, -0.15) is 0 Å². The lowest BCUT2D eigenvalue weighted by Gasteiger charge is -2.08. The quantitative estimate of drug-likeness (QED) is 0.537. The van der Waals surface area contributed by atoms with Crippen molar-refractivity contribution in [2.75, 3.05) is 38.3 Å². The summed E-state index contributed by atoms with van der Waals surface area (Å²) < 4.78 is 10.7. The van der Waals surface area contributed by atoms with Crippen LogP contribution in [0.1, 0.15) is 18.9 Å². The van der Waals surface area contributed by atoms with Crippen molar-refractivity contribution in [2.24, 2.45) is 0 Å². The van der Waals surface area contributed by atoms with Crippen molar-refractivity contribution in [2.45, 2.75) is 13.3 Å². The molecule has 0 aromatic heterocycles. The van der Waals surface area contributed by atoms with Crippen LogP contribution in [0.4, 0.5) is 5.69 Å². The van der Waals surface area contributed by atoms with E-state index >= 15 is 0 Å². The summed E-state index contributed by atoms with van der Waals surface area (Å²) in [5.74, 6) is 2.61. The molecule has 3 heteroatoms. The summed E-state index contributed by atoms with van der Waals surface area (Å²) in [7, 11) is 0. The van der Waals surface area contributed by atoms with Gasteiger partial charge in [0.15, 0.2) is 0 Å². The number of nitrogens with one attached hydrogen (secondary N) is 1. The fourth-order valence-electron chi connectivity index (χ4n) is 1.45. The van der Waals surface area contributed by atoms with Gasteiger partial charge in [0, 0.05) is 24.4 Å². The monoisotopic (exact) mass is 247 g/mol. The van der Waals surface area contributed by atoms with Crippen molar-refractivity contribution in [3.63, 3.8) is 0 Å². The van der Waals surface area contributed by atoms with Crippen molar-refractivity contribution >= 4 is 5.69 Å². The van der Waals surface area contributed by atoms with E-state index in [2.05, 4.69) is 18.2 Å². The Kier molecular flexibility index (Phi) is 7.70. The number of terminal acetylenes is 1. The van der Waals surface area contributed by atoms with Gasteiger partial charge >= 0.3 is 0 Å². The molecular formula is C15H21NO2. The molecule has 0 aliphatic rings. The molecule has 0 spiro atoms. The first-order valence-electron chi connectivity index (χ1n) is 6.33. The van der Waals surface area contributed by atoms with Crippen LogP contribution in [0, 0.1) is 12.3 Å². The largest absolute Gasteiger partial charge is 0.383 e. The third kappa shape index (κ3) is 6.29. The molecule has 1 aromatic rings. The number of anilines is 1. The molecule has 1 rings (SSSR count). The van der Waals surface area contributed by atoms with Gasteiger partial charge in [-0.05, 0) is 24.6 Å². The molecule has 1 N–H and O–H groups in total. The van der Waals surface area contributed by atoms with E-state index in [0.29, 0.717) is 19.8 Å². The topological polar surface area (TPSA) is 30.5 Å². The lowest BCUT2D eigenvalue weighted by molar-refractivity contribution is 0.0519. The zero-order chi connectivity index (χ0) is 13.1. The van der Waals surface area contributed by atoms with Crippen LogP contribution in [0.3, 0.4) is 0 Å². The Bertz CT molecular complexity index is 371. The fourth-order valence-corrected chi connectivity index (χ4v) is 1.45. The zero-order valence-corrected chi connectivity index (χ0v) is 10.9. The molecule has 0 radical (unpaired) electrons.